The molecule has 0 atom stereocenters. The molecular weight excluding hydrogens is 356 g/mol. The Kier molecular flexibility index (Phi) is 7.56. The maximum Gasteiger partial charge on any atom is 0.255 e. The van der Waals surface area contributed by atoms with Crippen LogP contribution < -0.4 is 25.3 Å². The van der Waals surface area contributed by atoms with Crippen LogP contribution in [-0.2, 0) is 17.9 Å². The molecule has 26 heavy (non-hydrogen) atoms. The molecule has 0 aliphatic carbocycles. The first-order valence-corrected chi connectivity index (χ1v) is 8.61. The van der Waals surface area contributed by atoms with Crippen LogP contribution in [-0.4, -0.2) is 26.2 Å². The first-order chi connectivity index (χ1) is 12.5. The molecule has 0 radical (unpaired) electrons. The Morgan fingerprint density at radius 2 is 1.81 bits per heavy atom. The number of methoxy groups -OCH3 is 1. The standard InChI is InChI=1S/C19H23ClN2O4/c1-3-25-17-9-14(8-16(20)19(17)26-12-18(21)23)11-22-10-13-4-6-15(24-2)7-5-13/h4-9,22H,3,10-12H2,1-2H3,(H2,21,23). The average Bonchev–Trinajstić information content (AvgIpc) is 2.61. The molecule has 2 aromatic carbocycles. The number of amides is 1. The summed E-state index contributed by atoms with van der Waals surface area (Å²) in [5, 5.41) is 3.73. The molecule has 0 aliphatic rings. The van der Waals surface area contributed by atoms with E-state index in [0.29, 0.717) is 36.2 Å². The molecule has 0 bridgehead atoms. The van der Waals surface area contributed by atoms with E-state index in [-0.39, 0.29) is 6.61 Å². The smallest absolute Gasteiger partial charge is 0.255 e. The predicted molar refractivity (Wildman–Crippen MR) is 101 cm³/mol. The quantitative estimate of drug-likeness (QED) is 0.664. The highest BCUT2D eigenvalue weighted by Crippen LogP contribution is 2.36. The predicted octanol–water partition coefficient (Wildman–Crippen LogP) is 2.90. The van der Waals surface area contributed by atoms with Crippen molar-refractivity contribution in [3.8, 4) is 17.2 Å². The van der Waals surface area contributed by atoms with Crippen LogP contribution in [0.15, 0.2) is 36.4 Å². The normalized spacial score (nSPS) is 10.4. The number of rotatable bonds is 10. The molecule has 0 unspecified atom stereocenters. The third-order valence-corrected chi connectivity index (χ3v) is 3.83. The van der Waals surface area contributed by atoms with Gasteiger partial charge >= 0.3 is 0 Å². The molecule has 0 aliphatic heterocycles. The Bertz CT molecular complexity index is 735. The summed E-state index contributed by atoms with van der Waals surface area (Å²) in [6.07, 6.45) is 0. The summed E-state index contributed by atoms with van der Waals surface area (Å²) in [7, 11) is 1.64. The first-order valence-electron chi connectivity index (χ1n) is 8.23. The molecular formula is C19H23ClN2O4. The van der Waals surface area contributed by atoms with Gasteiger partial charge in [0, 0.05) is 13.1 Å². The Hall–Kier alpha value is -2.44. The topological polar surface area (TPSA) is 82.8 Å². The van der Waals surface area contributed by atoms with Crippen molar-refractivity contribution in [3.63, 3.8) is 0 Å². The van der Waals surface area contributed by atoms with Gasteiger partial charge in [-0.05, 0) is 42.3 Å². The maximum absolute atomic E-state index is 10.9. The van der Waals surface area contributed by atoms with Gasteiger partial charge in [-0.3, -0.25) is 4.79 Å². The van der Waals surface area contributed by atoms with Crippen molar-refractivity contribution in [1.29, 1.82) is 0 Å². The van der Waals surface area contributed by atoms with Crippen molar-refractivity contribution in [2.24, 2.45) is 5.73 Å². The van der Waals surface area contributed by atoms with Crippen molar-refractivity contribution >= 4 is 17.5 Å². The monoisotopic (exact) mass is 378 g/mol. The summed E-state index contributed by atoms with van der Waals surface area (Å²) in [6.45, 7) is 3.36. The van der Waals surface area contributed by atoms with Gasteiger partial charge in [-0.15, -0.1) is 0 Å². The van der Waals surface area contributed by atoms with Crippen molar-refractivity contribution in [3.05, 3.63) is 52.5 Å². The van der Waals surface area contributed by atoms with Gasteiger partial charge in [0.15, 0.2) is 18.1 Å². The lowest BCUT2D eigenvalue weighted by Gasteiger charge is -2.15. The largest absolute Gasteiger partial charge is 0.497 e. The zero-order valence-corrected chi connectivity index (χ0v) is 15.6. The molecule has 1 amide bonds. The molecule has 0 heterocycles. The molecule has 6 nitrogen and oxygen atoms in total. The van der Waals surface area contributed by atoms with E-state index in [0.717, 1.165) is 16.9 Å². The maximum atomic E-state index is 10.9. The summed E-state index contributed by atoms with van der Waals surface area (Å²) in [5.74, 6) is 1.07. The Balaban J connectivity index is 2.02. The minimum absolute atomic E-state index is 0.255. The fourth-order valence-electron chi connectivity index (χ4n) is 2.36. The van der Waals surface area contributed by atoms with Gasteiger partial charge in [0.25, 0.3) is 5.91 Å². The lowest BCUT2D eigenvalue weighted by molar-refractivity contribution is -0.119. The fourth-order valence-corrected chi connectivity index (χ4v) is 2.65. The first kappa shape index (κ1) is 19.9. The van der Waals surface area contributed by atoms with E-state index in [9.17, 15) is 4.79 Å². The zero-order chi connectivity index (χ0) is 18.9. The second kappa shape index (κ2) is 9.89. The van der Waals surface area contributed by atoms with Crippen LogP contribution in [0.5, 0.6) is 17.2 Å². The van der Waals surface area contributed by atoms with Gasteiger partial charge in [0.1, 0.15) is 5.75 Å². The number of primary amides is 1. The van der Waals surface area contributed by atoms with Crippen LogP contribution in [0.4, 0.5) is 0 Å². The molecule has 0 aromatic heterocycles. The summed E-state index contributed by atoms with van der Waals surface area (Å²) < 4.78 is 16.1. The van der Waals surface area contributed by atoms with Crippen molar-refractivity contribution in [2.75, 3.05) is 20.3 Å². The van der Waals surface area contributed by atoms with E-state index >= 15 is 0 Å². The van der Waals surface area contributed by atoms with E-state index in [1.54, 1.807) is 13.2 Å². The van der Waals surface area contributed by atoms with Crippen molar-refractivity contribution in [1.82, 2.24) is 5.32 Å². The van der Waals surface area contributed by atoms with Gasteiger partial charge in [-0.25, -0.2) is 0 Å². The minimum Gasteiger partial charge on any atom is -0.497 e. The molecule has 7 heteroatoms. The van der Waals surface area contributed by atoms with E-state index in [1.165, 1.54) is 0 Å². The number of hydrogen-bond donors (Lipinski definition) is 2. The summed E-state index contributed by atoms with van der Waals surface area (Å²) >= 11 is 6.28. The van der Waals surface area contributed by atoms with Crippen LogP contribution in [0.25, 0.3) is 0 Å². The summed E-state index contributed by atoms with van der Waals surface area (Å²) in [5.41, 5.74) is 7.20. The van der Waals surface area contributed by atoms with Crippen molar-refractivity contribution < 1.29 is 19.0 Å². The van der Waals surface area contributed by atoms with E-state index in [4.69, 9.17) is 31.5 Å². The molecule has 3 N–H and O–H groups in total. The van der Waals surface area contributed by atoms with Crippen LogP contribution in [0.1, 0.15) is 18.1 Å². The van der Waals surface area contributed by atoms with Gasteiger partial charge in [-0.2, -0.15) is 0 Å². The van der Waals surface area contributed by atoms with E-state index < -0.39 is 5.91 Å². The van der Waals surface area contributed by atoms with E-state index in [1.807, 2.05) is 37.3 Å². The molecule has 0 saturated carbocycles. The Morgan fingerprint density at radius 1 is 1.12 bits per heavy atom. The van der Waals surface area contributed by atoms with Crippen LogP contribution in [0, 0.1) is 0 Å². The average molecular weight is 379 g/mol. The molecule has 0 fully saturated rings. The third kappa shape index (κ3) is 5.82. The number of hydrogen-bond acceptors (Lipinski definition) is 5. The fraction of sp³-hybridized carbons (Fsp3) is 0.316. The van der Waals surface area contributed by atoms with Crippen LogP contribution in [0.2, 0.25) is 5.02 Å². The zero-order valence-electron chi connectivity index (χ0n) is 14.9. The van der Waals surface area contributed by atoms with Gasteiger partial charge in [0.2, 0.25) is 0 Å². The second-order valence-corrected chi connectivity index (χ2v) is 5.95. The number of nitrogens with two attached hydrogens (primary N) is 1. The highest BCUT2D eigenvalue weighted by Gasteiger charge is 2.13. The summed E-state index contributed by atoms with van der Waals surface area (Å²) in [4.78, 5) is 10.9. The minimum atomic E-state index is -0.575. The van der Waals surface area contributed by atoms with Gasteiger partial charge in [0.05, 0.1) is 18.7 Å². The molecule has 2 rings (SSSR count). The SMILES string of the molecule is CCOc1cc(CNCc2ccc(OC)cc2)cc(Cl)c1OCC(N)=O. The third-order valence-electron chi connectivity index (χ3n) is 3.55. The number of carbonyl (C=O) groups excluding carboxylic acids is 1. The molecule has 140 valence electrons. The van der Waals surface area contributed by atoms with Crippen LogP contribution >= 0.6 is 11.6 Å². The number of nitrogens with one attached hydrogen (secondary N) is 1. The molecule has 0 saturated heterocycles. The van der Waals surface area contributed by atoms with Crippen molar-refractivity contribution in [2.45, 2.75) is 20.0 Å². The highest BCUT2D eigenvalue weighted by molar-refractivity contribution is 6.32. The van der Waals surface area contributed by atoms with Crippen LogP contribution in [0.3, 0.4) is 0 Å². The lowest BCUT2D eigenvalue weighted by atomic mass is 10.1. The van der Waals surface area contributed by atoms with E-state index in [2.05, 4.69) is 5.32 Å². The molecule has 0 spiro atoms. The Morgan fingerprint density at radius 3 is 2.42 bits per heavy atom. The summed E-state index contributed by atoms with van der Waals surface area (Å²) in [6, 6.07) is 11.5. The number of benzene rings is 2. The van der Waals surface area contributed by atoms with Gasteiger partial charge < -0.3 is 25.3 Å². The van der Waals surface area contributed by atoms with Gasteiger partial charge in [-0.1, -0.05) is 23.7 Å². The second-order valence-electron chi connectivity index (χ2n) is 5.54. The number of halogens is 1. The lowest BCUT2D eigenvalue weighted by Crippen LogP contribution is -2.20. The Labute approximate surface area is 158 Å². The number of carbonyl (C=O) groups is 1. The molecule has 2 aromatic rings. The number of ether oxygens (including phenoxy) is 3. The highest BCUT2D eigenvalue weighted by atomic mass is 35.5.